The molecule has 0 saturated heterocycles. The van der Waals surface area contributed by atoms with Crippen molar-refractivity contribution in [1.82, 2.24) is 0 Å². The first-order valence-electron chi connectivity index (χ1n) is 3.61. The first kappa shape index (κ1) is 7.98. The second kappa shape index (κ2) is 2.86. The minimum atomic E-state index is -0.353. The highest BCUT2D eigenvalue weighted by Gasteiger charge is 2.19. The van der Waals surface area contributed by atoms with Crippen molar-refractivity contribution in [2.75, 3.05) is 0 Å². The SMILES string of the molecule is CC1=C(CC(N)=O)CCC1=O. The fourth-order valence-electron chi connectivity index (χ4n) is 1.27. The van der Waals surface area contributed by atoms with Gasteiger partial charge >= 0.3 is 0 Å². The van der Waals surface area contributed by atoms with Crippen molar-refractivity contribution in [3.05, 3.63) is 11.1 Å². The van der Waals surface area contributed by atoms with E-state index in [0.717, 1.165) is 11.1 Å². The van der Waals surface area contributed by atoms with E-state index in [2.05, 4.69) is 0 Å². The third-order valence-electron chi connectivity index (χ3n) is 1.99. The Bertz CT molecular complexity index is 240. The predicted molar refractivity (Wildman–Crippen MR) is 40.8 cm³/mol. The largest absolute Gasteiger partial charge is 0.369 e. The Balaban J connectivity index is 2.72. The summed E-state index contributed by atoms with van der Waals surface area (Å²) in [6.07, 6.45) is 1.51. The maximum absolute atomic E-state index is 11.0. The van der Waals surface area contributed by atoms with E-state index >= 15 is 0 Å². The van der Waals surface area contributed by atoms with Crippen LogP contribution in [0.15, 0.2) is 11.1 Å². The monoisotopic (exact) mass is 153 g/mol. The van der Waals surface area contributed by atoms with Gasteiger partial charge in [0.1, 0.15) is 0 Å². The van der Waals surface area contributed by atoms with E-state index in [4.69, 9.17) is 5.73 Å². The highest BCUT2D eigenvalue weighted by Crippen LogP contribution is 2.24. The molecule has 1 aliphatic rings. The van der Waals surface area contributed by atoms with Crippen molar-refractivity contribution in [2.24, 2.45) is 5.73 Å². The summed E-state index contributed by atoms with van der Waals surface area (Å²) in [6, 6.07) is 0. The lowest BCUT2D eigenvalue weighted by Gasteiger charge is -1.96. The standard InChI is InChI=1S/C8H11NO2/c1-5-6(4-8(9)11)2-3-7(5)10/h2-4H2,1H3,(H2,9,11). The topological polar surface area (TPSA) is 60.2 Å². The molecule has 0 aliphatic heterocycles. The third kappa shape index (κ3) is 1.67. The van der Waals surface area contributed by atoms with Crippen molar-refractivity contribution in [1.29, 1.82) is 0 Å². The van der Waals surface area contributed by atoms with Crippen LogP contribution in [-0.2, 0) is 9.59 Å². The minimum absolute atomic E-state index is 0.154. The molecule has 2 N–H and O–H groups in total. The number of primary amides is 1. The predicted octanol–water partition coefficient (Wildman–Crippen LogP) is 0.541. The van der Waals surface area contributed by atoms with E-state index in [0.29, 0.717) is 12.8 Å². The Labute approximate surface area is 65.3 Å². The zero-order valence-electron chi connectivity index (χ0n) is 6.52. The number of allylic oxidation sites excluding steroid dienone is 1. The van der Waals surface area contributed by atoms with E-state index in [1.807, 2.05) is 0 Å². The molecule has 3 nitrogen and oxygen atoms in total. The maximum Gasteiger partial charge on any atom is 0.221 e. The number of carbonyl (C=O) groups is 2. The molecule has 1 amide bonds. The molecule has 11 heavy (non-hydrogen) atoms. The van der Waals surface area contributed by atoms with Crippen LogP contribution in [0.5, 0.6) is 0 Å². The second-order valence-corrected chi connectivity index (χ2v) is 2.79. The molecule has 0 spiro atoms. The molecule has 0 unspecified atom stereocenters. The van der Waals surface area contributed by atoms with Crippen molar-refractivity contribution in [2.45, 2.75) is 26.2 Å². The van der Waals surface area contributed by atoms with Gasteiger partial charge in [-0.2, -0.15) is 0 Å². The quantitative estimate of drug-likeness (QED) is 0.629. The molecule has 0 radical (unpaired) electrons. The number of Topliss-reactive ketones (excluding diaryl/α,β-unsaturated/α-hetero) is 1. The summed E-state index contributed by atoms with van der Waals surface area (Å²) in [4.78, 5) is 21.4. The zero-order chi connectivity index (χ0) is 8.43. The fourth-order valence-corrected chi connectivity index (χ4v) is 1.27. The Morgan fingerprint density at radius 3 is 2.55 bits per heavy atom. The summed E-state index contributed by atoms with van der Waals surface area (Å²) in [7, 11) is 0. The molecule has 0 aromatic rings. The van der Waals surface area contributed by atoms with Crippen molar-refractivity contribution >= 4 is 11.7 Å². The van der Waals surface area contributed by atoms with Crippen molar-refractivity contribution in [3.8, 4) is 0 Å². The van der Waals surface area contributed by atoms with Gasteiger partial charge in [0.15, 0.2) is 5.78 Å². The van der Waals surface area contributed by atoms with Gasteiger partial charge in [-0.15, -0.1) is 0 Å². The van der Waals surface area contributed by atoms with Gasteiger partial charge in [-0.1, -0.05) is 5.57 Å². The van der Waals surface area contributed by atoms with Crippen LogP contribution in [0.2, 0.25) is 0 Å². The number of nitrogens with two attached hydrogens (primary N) is 1. The summed E-state index contributed by atoms with van der Waals surface area (Å²) >= 11 is 0. The lowest BCUT2D eigenvalue weighted by Crippen LogP contribution is -2.11. The summed E-state index contributed by atoms with van der Waals surface area (Å²) in [6.45, 7) is 1.76. The lowest BCUT2D eigenvalue weighted by atomic mass is 10.1. The molecule has 0 aromatic carbocycles. The van der Waals surface area contributed by atoms with Crippen molar-refractivity contribution < 1.29 is 9.59 Å². The van der Waals surface area contributed by atoms with Crippen LogP contribution in [0.3, 0.4) is 0 Å². The molecule has 0 bridgehead atoms. The molecule has 0 fully saturated rings. The van der Waals surface area contributed by atoms with Gasteiger partial charge in [-0.3, -0.25) is 9.59 Å². The second-order valence-electron chi connectivity index (χ2n) is 2.79. The van der Waals surface area contributed by atoms with Gasteiger partial charge < -0.3 is 5.73 Å². The molecular weight excluding hydrogens is 142 g/mol. The van der Waals surface area contributed by atoms with Crippen LogP contribution in [0.25, 0.3) is 0 Å². The molecular formula is C8H11NO2. The molecule has 1 rings (SSSR count). The average molecular weight is 153 g/mol. The summed E-state index contributed by atoms with van der Waals surface area (Å²) in [5.74, 6) is -0.199. The first-order valence-corrected chi connectivity index (χ1v) is 3.61. The van der Waals surface area contributed by atoms with Crippen LogP contribution in [-0.4, -0.2) is 11.7 Å². The van der Waals surface area contributed by atoms with Gasteiger partial charge in [0.2, 0.25) is 5.91 Å². The fraction of sp³-hybridized carbons (Fsp3) is 0.500. The van der Waals surface area contributed by atoms with Crippen LogP contribution >= 0.6 is 0 Å². The van der Waals surface area contributed by atoms with Gasteiger partial charge in [0.25, 0.3) is 0 Å². The Kier molecular flexibility index (Phi) is 2.08. The normalized spacial score (nSPS) is 17.7. The van der Waals surface area contributed by atoms with Gasteiger partial charge in [0, 0.05) is 12.8 Å². The van der Waals surface area contributed by atoms with E-state index in [1.54, 1.807) is 6.92 Å². The summed E-state index contributed by atoms with van der Waals surface area (Å²) in [5, 5.41) is 0. The number of hydrogen-bond donors (Lipinski definition) is 1. The van der Waals surface area contributed by atoms with Gasteiger partial charge in [-0.05, 0) is 18.9 Å². The molecule has 1 aliphatic carbocycles. The molecule has 0 heterocycles. The van der Waals surface area contributed by atoms with Crippen LogP contribution in [0, 0.1) is 0 Å². The third-order valence-corrected chi connectivity index (χ3v) is 1.99. The molecule has 60 valence electrons. The highest BCUT2D eigenvalue weighted by molar-refractivity contribution is 5.99. The smallest absolute Gasteiger partial charge is 0.221 e. The number of carbonyl (C=O) groups excluding carboxylic acids is 2. The minimum Gasteiger partial charge on any atom is -0.369 e. The van der Waals surface area contributed by atoms with Crippen LogP contribution < -0.4 is 5.73 Å². The number of hydrogen-bond acceptors (Lipinski definition) is 2. The number of rotatable bonds is 2. The Morgan fingerprint density at radius 1 is 1.55 bits per heavy atom. The zero-order valence-corrected chi connectivity index (χ0v) is 6.52. The summed E-state index contributed by atoms with van der Waals surface area (Å²) in [5.41, 5.74) is 6.65. The van der Waals surface area contributed by atoms with Crippen LogP contribution in [0.1, 0.15) is 26.2 Å². The van der Waals surface area contributed by atoms with Gasteiger partial charge in [-0.25, -0.2) is 0 Å². The number of amides is 1. The number of ketones is 1. The Hall–Kier alpha value is -1.12. The summed E-state index contributed by atoms with van der Waals surface area (Å²) < 4.78 is 0. The maximum atomic E-state index is 11.0. The average Bonchev–Trinajstić information content (AvgIpc) is 2.18. The Morgan fingerprint density at radius 2 is 2.18 bits per heavy atom. The lowest BCUT2D eigenvalue weighted by molar-refractivity contribution is -0.117. The highest BCUT2D eigenvalue weighted by atomic mass is 16.1. The molecule has 0 saturated carbocycles. The van der Waals surface area contributed by atoms with E-state index < -0.39 is 0 Å². The molecule has 3 heteroatoms. The van der Waals surface area contributed by atoms with E-state index in [-0.39, 0.29) is 18.1 Å². The van der Waals surface area contributed by atoms with E-state index in [9.17, 15) is 9.59 Å². The first-order chi connectivity index (χ1) is 5.11. The molecule has 0 aromatic heterocycles. The van der Waals surface area contributed by atoms with Crippen molar-refractivity contribution in [3.63, 3.8) is 0 Å². The van der Waals surface area contributed by atoms with E-state index in [1.165, 1.54) is 0 Å². The van der Waals surface area contributed by atoms with Crippen LogP contribution in [0.4, 0.5) is 0 Å². The van der Waals surface area contributed by atoms with Gasteiger partial charge in [0.05, 0.1) is 0 Å². The molecule has 0 atom stereocenters.